The Morgan fingerprint density at radius 3 is 2.65 bits per heavy atom. The van der Waals surface area contributed by atoms with E-state index in [1.54, 1.807) is 16.8 Å². The van der Waals surface area contributed by atoms with Gasteiger partial charge in [-0.25, -0.2) is 9.07 Å². The second-order valence-corrected chi connectivity index (χ2v) is 6.74. The molecule has 2 aromatic rings. The number of hydrogen-bond donors (Lipinski definition) is 2. The van der Waals surface area contributed by atoms with Gasteiger partial charge in [-0.3, -0.25) is 9.59 Å². The number of nitrogens with zero attached hydrogens (tertiary/aromatic N) is 2. The van der Waals surface area contributed by atoms with Crippen molar-refractivity contribution in [2.24, 2.45) is 0 Å². The molecule has 0 radical (unpaired) electrons. The van der Waals surface area contributed by atoms with Gasteiger partial charge in [0.25, 0.3) is 5.91 Å². The Morgan fingerprint density at radius 1 is 1.23 bits per heavy atom. The summed E-state index contributed by atoms with van der Waals surface area (Å²) >= 11 is 0. The van der Waals surface area contributed by atoms with Gasteiger partial charge in [-0.05, 0) is 57.4 Å². The summed E-state index contributed by atoms with van der Waals surface area (Å²) < 4.78 is 14.9. The molecule has 0 aliphatic heterocycles. The SMILES string of the molecule is CC(C)NC(=O)CCNC(=O)c1nn(-c2ccc(F)cc2)c2c1CCC2. The van der Waals surface area contributed by atoms with E-state index in [1.807, 2.05) is 13.8 Å². The zero-order valence-corrected chi connectivity index (χ0v) is 15.0. The van der Waals surface area contributed by atoms with Crippen molar-refractivity contribution in [2.45, 2.75) is 45.6 Å². The van der Waals surface area contributed by atoms with Gasteiger partial charge in [0.2, 0.25) is 5.91 Å². The van der Waals surface area contributed by atoms with Gasteiger partial charge in [-0.2, -0.15) is 5.10 Å². The molecule has 7 heteroatoms. The topological polar surface area (TPSA) is 76.0 Å². The Balaban J connectivity index is 1.72. The number of nitrogens with one attached hydrogen (secondary N) is 2. The van der Waals surface area contributed by atoms with Crippen LogP contribution in [0.1, 0.15) is 48.4 Å². The molecule has 1 heterocycles. The Bertz CT molecular complexity index is 812. The van der Waals surface area contributed by atoms with Crippen molar-refractivity contribution in [2.75, 3.05) is 6.54 Å². The fourth-order valence-electron chi connectivity index (χ4n) is 3.18. The van der Waals surface area contributed by atoms with Gasteiger partial charge in [0.1, 0.15) is 5.82 Å². The van der Waals surface area contributed by atoms with Crippen molar-refractivity contribution in [1.82, 2.24) is 20.4 Å². The molecule has 0 atom stereocenters. The Labute approximate surface area is 151 Å². The van der Waals surface area contributed by atoms with Gasteiger partial charge in [-0.15, -0.1) is 0 Å². The molecule has 0 spiro atoms. The standard InChI is InChI=1S/C19H23FN4O2/c1-12(2)22-17(25)10-11-21-19(26)18-15-4-3-5-16(15)24(23-18)14-8-6-13(20)7-9-14/h6-9,12H,3-5,10-11H2,1-2H3,(H,21,26)(H,22,25). The van der Waals surface area contributed by atoms with Crippen molar-refractivity contribution in [3.63, 3.8) is 0 Å². The van der Waals surface area contributed by atoms with Crippen molar-refractivity contribution in [3.8, 4) is 5.69 Å². The number of benzene rings is 1. The molecular weight excluding hydrogens is 335 g/mol. The highest BCUT2D eigenvalue weighted by Crippen LogP contribution is 2.27. The van der Waals surface area contributed by atoms with E-state index in [0.717, 1.165) is 36.2 Å². The minimum absolute atomic E-state index is 0.0767. The minimum Gasteiger partial charge on any atom is -0.354 e. The zero-order chi connectivity index (χ0) is 18.7. The zero-order valence-electron chi connectivity index (χ0n) is 15.0. The lowest BCUT2D eigenvalue weighted by molar-refractivity contribution is -0.121. The van der Waals surface area contributed by atoms with Crippen molar-refractivity contribution in [1.29, 1.82) is 0 Å². The number of fused-ring (bicyclic) bond motifs is 1. The van der Waals surface area contributed by atoms with E-state index < -0.39 is 0 Å². The number of amides is 2. The van der Waals surface area contributed by atoms with E-state index in [1.165, 1.54) is 12.1 Å². The summed E-state index contributed by atoms with van der Waals surface area (Å²) in [4.78, 5) is 24.2. The molecule has 0 saturated heterocycles. The normalized spacial score (nSPS) is 12.9. The lowest BCUT2D eigenvalue weighted by Crippen LogP contribution is -2.34. The molecule has 3 rings (SSSR count). The van der Waals surface area contributed by atoms with E-state index >= 15 is 0 Å². The summed E-state index contributed by atoms with van der Waals surface area (Å²) in [6.07, 6.45) is 2.83. The van der Waals surface area contributed by atoms with Crippen molar-refractivity contribution in [3.05, 3.63) is 47.0 Å². The highest BCUT2D eigenvalue weighted by Gasteiger charge is 2.26. The van der Waals surface area contributed by atoms with Gasteiger partial charge in [-0.1, -0.05) is 0 Å². The molecule has 1 aliphatic carbocycles. The van der Waals surface area contributed by atoms with Crippen LogP contribution in [0.15, 0.2) is 24.3 Å². The van der Waals surface area contributed by atoms with Crippen LogP contribution >= 0.6 is 0 Å². The largest absolute Gasteiger partial charge is 0.354 e. The number of rotatable bonds is 6. The number of aromatic nitrogens is 2. The van der Waals surface area contributed by atoms with E-state index in [-0.39, 0.29) is 36.6 Å². The first-order chi connectivity index (χ1) is 12.5. The first-order valence-electron chi connectivity index (χ1n) is 8.90. The van der Waals surface area contributed by atoms with Gasteiger partial charge in [0.05, 0.1) is 5.69 Å². The van der Waals surface area contributed by atoms with Gasteiger partial charge < -0.3 is 10.6 Å². The average molecular weight is 358 g/mol. The molecule has 0 fully saturated rings. The van der Waals surface area contributed by atoms with Gasteiger partial charge >= 0.3 is 0 Å². The highest BCUT2D eigenvalue weighted by atomic mass is 19.1. The molecule has 26 heavy (non-hydrogen) atoms. The maximum Gasteiger partial charge on any atom is 0.272 e. The molecular formula is C19H23FN4O2. The third-order valence-electron chi connectivity index (χ3n) is 4.30. The average Bonchev–Trinajstić information content (AvgIpc) is 3.17. The maximum atomic E-state index is 13.2. The molecule has 1 aromatic carbocycles. The Morgan fingerprint density at radius 2 is 1.96 bits per heavy atom. The van der Waals surface area contributed by atoms with Crippen LogP contribution in [-0.2, 0) is 17.6 Å². The van der Waals surface area contributed by atoms with E-state index in [0.29, 0.717) is 5.69 Å². The first-order valence-corrected chi connectivity index (χ1v) is 8.90. The summed E-state index contributed by atoms with van der Waals surface area (Å²) in [5.41, 5.74) is 3.07. The molecule has 2 amide bonds. The van der Waals surface area contributed by atoms with Gasteiger partial charge in [0.15, 0.2) is 5.69 Å². The van der Waals surface area contributed by atoms with Crippen LogP contribution in [0.3, 0.4) is 0 Å². The van der Waals surface area contributed by atoms with Crippen LogP contribution in [0.5, 0.6) is 0 Å². The fourth-order valence-corrected chi connectivity index (χ4v) is 3.18. The van der Waals surface area contributed by atoms with Gasteiger partial charge in [0, 0.05) is 30.3 Å². The van der Waals surface area contributed by atoms with Crippen molar-refractivity contribution < 1.29 is 14.0 Å². The third kappa shape index (κ3) is 3.92. The van der Waals surface area contributed by atoms with Crippen LogP contribution in [0, 0.1) is 5.82 Å². The Kier molecular flexibility index (Phi) is 5.35. The molecule has 0 saturated carbocycles. The number of halogens is 1. The molecule has 1 aliphatic rings. The number of carbonyl (C=O) groups excluding carboxylic acids is 2. The predicted molar refractivity (Wildman–Crippen MR) is 95.8 cm³/mol. The molecule has 138 valence electrons. The molecule has 1 aromatic heterocycles. The molecule has 2 N–H and O–H groups in total. The number of carbonyl (C=O) groups is 2. The summed E-state index contributed by atoms with van der Waals surface area (Å²) in [5.74, 6) is -0.682. The van der Waals surface area contributed by atoms with E-state index in [4.69, 9.17) is 0 Å². The van der Waals surface area contributed by atoms with E-state index in [2.05, 4.69) is 15.7 Å². The third-order valence-corrected chi connectivity index (χ3v) is 4.30. The molecule has 6 nitrogen and oxygen atoms in total. The predicted octanol–water partition coefficient (Wildman–Crippen LogP) is 2.14. The first kappa shape index (κ1) is 18.1. The van der Waals surface area contributed by atoms with Crippen LogP contribution in [-0.4, -0.2) is 34.2 Å². The van der Waals surface area contributed by atoms with Crippen molar-refractivity contribution >= 4 is 11.8 Å². The monoisotopic (exact) mass is 358 g/mol. The number of hydrogen-bond acceptors (Lipinski definition) is 3. The fraction of sp³-hybridized carbons (Fsp3) is 0.421. The second kappa shape index (κ2) is 7.68. The minimum atomic E-state index is -0.310. The Hall–Kier alpha value is -2.70. The van der Waals surface area contributed by atoms with Crippen LogP contribution < -0.4 is 10.6 Å². The summed E-state index contributed by atoms with van der Waals surface area (Å²) in [5, 5.41) is 10.0. The molecule has 0 unspecified atom stereocenters. The molecule has 0 bridgehead atoms. The lowest BCUT2D eigenvalue weighted by Gasteiger charge is -2.08. The summed E-state index contributed by atoms with van der Waals surface area (Å²) in [6.45, 7) is 4.04. The highest BCUT2D eigenvalue weighted by molar-refractivity contribution is 5.94. The van der Waals surface area contributed by atoms with Crippen LogP contribution in [0.2, 0.25) is 0 Å². The van der Waals surface area contributed by atoms with E-state index in [9.17, 15) is 14.0 Å². The lowest BCUT2D eigenvalue weighted by atomic mass is 10.2. The second-order valence-electron chi connectivity index (χ2n) is 6.74. The maximum absolute atomic E-state index is 13.2. The quantitative estimate of drug-likeness (QED) is 0.831. The summed E-state index contributed by atoms with van der Waals surface area (Å²) in [6, 6.07) is 6.14. The summed E-state index contributed by atoms with van der Waals surface area (Å²) in [7, 11) is 0. The smallest absolute Gasteiger partial charge is 0.272 e. The van der Waals surface area contributed by atoms with Crippen LogP contribution in [0.4, 0.5) is 4.39 Å². The van der Waals surface area contributed by atoms with Crippen LogP contribution in [0.25, 0.3) is 5.69 Å².